The second-order valence-electron chi connectivity index (χ2n) is 3.81. The number of amides is 1. The maximum absolute atomic E-state index is 11.7. The van der Waals surface area contributed by atoms with Crippen molar-refractivity contribution >= 4 is 22.5 Å². The highest BCUT2D eigenvalue weighted by Crippen LogP contribution is 2.33. The smallest absolute Gasteiger partial charge is 0.243 e. The molecule has 86 valence electrons. The van der Waals surface area contributed by atoms with E-state index in [0.717, 1.165) is 22.2 Å². The number of hydrogen-bond acceptors (Lipinski definition) is 5. The minimum Gasteiger partial charge on any atom is -0.357 e. The molecule has 3 N–H and O–H groups in total. The van der Waals surface area contributed by atoms with Crippen LogP contribution in [0.3, 0.4) is 0 Å². The van der Waals surface area contributed by atoms with E-state index in [1.807, 2.05) is 12.1 Å². The molecule has 2 heterocycles. The van der Waals surface area contributed by atoms with Crippen LogP contribution in [-0.2, 0) is 4.79 Å². The third kappa shape index (κ3) is 1.42. The normalized spacial score (nSPS) is 17.6. The number of likely N-dealkylation sites (N-methyl/N-ethyl adjacent to an activating group) is 1. The van der Waals surface area contributed by atoms with E-state index in [9.17, 15) is 4.79 Å². The molecule has 1 atom stereocenters. The second kappa shape index (κ2) is 3.67. The molecule has 0 radical (unpaired) electrons. The van der Waals surface area contributed by atoms with E-state index in [1.165, 1.54) is 6.33 Å². The number of benzene rings is 1. The first kappa shape index (κ1) is 9.98. The maximum atomic E-state index is 11.7. The molecule has 0 bridgehead atoms. The lowest BCUT2D eigenvalue weighted by Crippen LogP contribution is -2.33. The van der Waals surface area contributed by atoms with Crippen molar-refractivity contribution in [2.24, 2.45) is 0 Å². The van der Waals surface area contributed by atoms with Crippen LogP contribution in [0.2, 0.25) is 0 Å². The SMILES string of the molecule is CNC(=O)C1NNc2c1ccc1cncnc21. The van der Waals surface area contributed by atoms with Crippen molar-refractivity contribution in [3.05, 3.63) is 30.2 Å². The molecule has 1 aromatic heterocycles. The molecular weight excluding hydrogens is 218 g/mol. The Labute approximate surface area is 97.4 Å². The summed E-state index contributed by atoms with van der Waals surface area (Å²) in [5.41, 5.74) is 8.51. The van der Waals surface area contributed by atoms with E-state index in [2.05, 4.69) is 26.1 Å². The summed E-state index contributed by atoms with van der Waals surface area (Å²) < 4.78 is 0. The average Bonchev–Trinajstić information content (AvgIpc) is 2.82. The summed E-state index contributed by atoms with van der Waals surface area (Å²) in [6.07, 6.45) is 3.25. The molecule has 0 saturated carbocycles. The highest BCUT2D eigenvalue weighted by Gasteiger charge is 2.29. The van der Waals surface area contributed by atoms with Crippen molar-refractivity contribution in [2.45, 2.75) is 6.04 Å². The van der Waals surface area contributed by atoms with E-state index >= 15 is 0 Å². The van der Waals surface area contributed by atoms with Gasteiger partial charge in [0.1, 0.15) is 12.4 Å². The van der Waals surface area contributed by atoms with Gasteiger partial charge in [-0.15, -0.1) is 0 Å². The van der Waals surface area contributed by atoms with Gasteiger partial charge in [0.2, 0.25) is 5.91 Å². The number of fused-ring (bicyclic) bond motifs is 3. The maximum Gasteiger partial charge on any atom is 0.243 e. The van der Waals surface area contributed by atoms with Crippen LogP contribution in [0.4, 0.5) is 5.69 Å². The van der Waals surface area contributed by atoms with Crippen LogP contribution in [0.15, 0.2) is 24.7 Å². The van der Waals surface area contributed by atoms with Crippen molar-refractivity contribution in [2.75, 3.05) is 12.5 Å². The fraction of sp³-hybridized carbons (Fsp3) is 0.182. The van der Waals surface area contributed by atoms with E-state index in [1.54, 1.807) is 13.2 Å². The number of carbonyl (C=O) groups is 1. The number of anilines is 1. The minimum absolute atomic E-state index is 0.0790. The standard InChI is InChI=1S/C11H11N5O/c1-12-11(17)10-7-3-2-6-4-13-5-14-8(6)9(7)15-16-10/h2-5,10,15-16H,1H3,(H,12,17). The van der Waals surface area contributed by atoms with Crippen molar-refractivity contribution in [3.8, 4) is 0 Å². The van der Waals surface area contributed by atoms with Crippen LogP contribution in [0.1, 0.15) is 11.6 Å². The topological polar surface area (TPSA) is 78.9 Å². The van der Waals surface area contributed by atoms with Crippen molar-refractivity contribution in [1.82, 2.24) is 20.7 Å². The first-order valence-corrected chi connectivity index (χ1v) is 5.27. The molecular formula is C11H11N5O. The molecule has 0 fully saturated rings. The van der Waals surface area contributed by atoms with E-state index in [0.29, 0.717) is 0 Å². The van der Waals surface area contributed by atoms with Crippen LogP contribution in [0.5, 0.6) is 0 Å². The Bertz CT molecular complexity index is 597. The van der Waals surface area contributed by atoms with Gasteiger partial charge in [0.15, 0.2) is 0 Å². The third-order valence-corrected chi connectivity index (χ3v) is 2.87. The van der Waals surface area contributed by atoms with E-state index in [-0.39, 0.29) is 11.9 Å². The fourth-order valence-corrected chi connectivity index (χ4v) is 2.02. The fourth-order valence-electron chi connectivity index (χ4n) is 2.02. The van der Waals surface area contributed by atoms with Gasteiger partial charge in [0, 0.05) is 24.2 Å². The molecule has 3 rings (SSSR count). The summed E-state index contributed by atoms with van der Waals surface area (Å²) in [4.78, 5) is 19.9. The summed E-state index contributed by atoms with van der Waals surface area (Å²) >= 11 is 0. The van der Waals surface area contributed by atoms with Gasteiger partial charge >= 0.3 is 0 Å². The Hall–Kier alpha value is -2.21. The lowest BCUT2D eigenvalue weighted by molar-refractivity contribution is -0.122. The number of carbonyl (C=O) groups excluding carboxylic acids is 1. The minimum atomic E-state index is -0.380. The van der Waals surface area contributed by atoms with Crippen LogP contribution >= 0.6 is 0 Å². The lowest BCUT2D eigenvalue weighted by atomic mass is 10.0. The highest BCUT2D eigenvalue weighted by atomic mass is 16.2. The van der Waals surface area contributed by atoms with Crippen molar-refractivity contribution in [3.63, 3.8) is 0 Å². The Balaban J connectivity index is 2.18. The summed E-state index contributed by atoms with van der Waals surface area (Å²) in [6.45, 7) is 0. The average molecular weight is 229 g/mol. The first-order chi connectivity index (χ1) is 8.31. The third-order valence-electron chi connectivity index (χ3n) is 2.87. The van der Waals surface area contributed by atoms with Crippen LogP contribution in [0, 0.1) is 0 Å². The molecule has 17 heavy (non-hydrogen) atoms. The Morgan fingerprint density at radius 2 is 2.35 bits per heavy atom. The zero-order valence-corrected chi connectivity index (χ0v) is 9.19. The number of hydrogen-bond donors (Lipinski definition) is 3. The molecule has 2 aromatic rings. The largest absolute Gasteiger partial charge is 0.357 e. The molecule has 1 aromatic carbocycles. The number of nitrogens with zero attached hydrogens (tertiary/aromatic N) is 2. The van der Waals surface area contributed by atoms with Crippen LogP contribution < -0.4 is 16.2 Å². The summed E-state index contributed by atoms with van der Waals surface area (Å²) in [6, 6.07) is 3.45. The van der Waals surface area contributed by atoms with Gasteiger partial charge in [-0.2, -0.15) is 0 Å². The predicted molar refractivity (Wildman–Crippen MR) is 63.1 cm³/mol. The van der Waals surface area contributed by atoms with Gasteiger partial charge in [0.25, 0.3) is 0 Å². The Kier molecular flexibility index (Phi) is 2.15. The zero-order chi connectivity index (χ0) is 11.8. The molecule has 6 heteroatoms. The van der Waals surface area contributed by atoms with Gasteiger partial charge in [-0.05, 0) is 0 Å². The van der Waals surface area contributed by atoms with E-state index < -0.39 is 0 Å². The number of rotatable bonds is 1. The van der Waals surface area contributed by atoms with Crippen LogP contribution in [0.25, 0.3) is 10.9 Å². The van der Waals surface area contributed by atoms with Crippen molar-refractivity contribution < 1.29 is 4.79 Å². The molecule has 1 aliphatic heterocycles. The Morgan fingerprint density at radius 1 is 1.47 bits per heavy atom. The molecule has 0 aliphatic carbocycles. The monoisotopic (exact) mass is 229 g/mol. The second-order valence-corrected chi connectivity index (χ2v) is 3.81. The van der Waals surface area contributed by atoms with Crippen LogP contribution in [-0.4, -0.2) is 22.9 Å². The molecule has 0 saturated heterocycles. The summed E-state index contributed by atoms with van der Waals surface area (Å²) in [7, 11) is 1.62. The van der Waals surface area contributed by atoms with Gasteiger partial charge in [0.05, 0.1) is 11.2 Å². The number of nitrogens with one attached hydrogen (secondary N) is 3. The van der Waals surface area contributed by atoms with Gasteiger partial charge in [-0.25, -0.2) is 15.4 Å². The predicted octanol–water partition coefficient (Wildman–Crippen LogP) is 0.347. The molecule has 1 unspecified atom stereocenters. The first-order valence-electron chi connectivity index (χ1n) is 5.27. The quantitative estimate of drug-likeness (QED) is 0.657. The van der Waals surface area contributed by atoms with Crippen molar-refractivity contribution in [1.29, 1.82) is 0 Å². The summed E-state index contributed by atoms with van der Waals surface area (Å²) in [5.74, 6) is -0.0790. The van der Waals surface area contributed by atoms with Gasteiger partial charge in [-0.1, -0.05) is 12.1 Å². The number of aromatic nitrogens is 2. The van der Waals surface area contributed by atoms with Gasteiger partial charge in [-0.3, -0.25) is 4.79 Å². The molecule has 6 nitrogen and oxygen atoms in total. The molecule has 0 spiro atoms. The van der Waals surface area contributed by atoms with E-state index in [4.69, 9.17) is 0 Å². The van der Waals surface area contributed by atoms with Gasteiger partial charge < -0.3 is 10.7 Å². The summed E-state index contributed by atoms with van der Waals surface area (Å²) in [5, 5.41) is 3.56. The lowest BCUT2D eigenvalue weighted by Gasteiger charge is -2.08. The Morgan fingerprint density at radius 3 is 3.18 bits per heavy atom. The molecule has 1 aliphatic rings. The number of hydrazine groups is 1. The zero-order valence-electron chi connectivity index (χ0n) is 9.19. The highest BCUT2D eigenvalue weighted by molar-refractivity contribution is 5.97. The molecule has 1 amide bonds.